The van der Waals surface area contributed by atoms with Gasteiger partial charge in [0, 0.05) is 41.9 Å². The molecule has 0 spiro atoms. The quantitative estimate of drug-likeness (QED) is 0.233. The van der Waals surface area contributed by atoms with Crippen LogP contribution >= 0.6 is 0 Å². The Bertz CT molecular complexity index is 1820. The maximum atomic E-state index is 14.3. The maximum absolute atomic E-state index is 14.3. The van der Waals surface area contributed by atoms with Gasteiger partial charge in [-0.3, -0.25) is 19.3 Å². The lowest BCUT2D eigenvalue weighted by Crippen LogP contribution is -2.55. The van der Waals surface area contributed by atoms with Crippen molar-refractivity contribution in [1.82, 2.24) is 20.0 Å². The van der Waals surface area contributed by atoms with Gasteiger partial charge in [-0.1, -0.05) is 42.5 Å². The van der Waals surface area contributed by atoms with Gasteiger partial charge in [-0.25, -0.2) is 4.68 Å². The number of amides is 3. The average Bonchev–Trinajstić information content (AvgIpc) is 3.37. The molecule has 5 rings (SSSR count). The molecule has 2 atom stereocenters. The fourth-order valence-electron chi connectivity index (χ4n) is 5.72. The van der Waals surface area contributed by atoms with Gasteiger partial charge in [0.2, 0.25) is 5.91 Å². The molecule has 0 unspecified atom stereocenters. The van der Waals surface area contributed by atoms with E-state index in [4.69, 9.17) is 5.10 Å². The lowest BCUT2D eigenvalue weighted by molar-refractivity contribution is -0.137. The predicted octanol–water partition coefficient (Wildman–Crippen LogP) is 5.55. The third-order valence-electron chi connectivity index (χ3n) is 7.82. The van der Waals surface area contributed by atoms with Crippen molar-refractivity contribution in [2.75, 3.05) is 37.4 Å². The summed E-state index contributed by atoms with van der Waals surface area (Å²) in [5, 5.41) is 10.4. The van der Waals surface area contributed by atoms with Crippen LogP contribution < -0.4 is 15.5 Å². The van der Waals surface area contributed by atoms with Crippen molar-refractivity contribution in [3.05, 3.63) is 119 Å². The zero-order valence-electron chi connectivity index (χ0n) is 26.4. The monoisotopic (exact) mass is 644 g/mol. The molecule has 0 aliphatic carbocycles. The number of halogens is 3. The van der Waals surface area contributed by atoms with E-state index in [0.29, 0.717) is 34.9 Å². The number of alkyl halides is 3. The van der Waals surface area contributed by atoms with Gasteiger partial charge in [0.15, 0.2) is 0 Å². The van der Waals surface area contributed by atoms with Crippen molar-refractivity contribution in [3.8, 4) is 5.69 Å². The standard InChI is InChI=1S/C35H35F3N6O3/c1-5-43-33-29(22(2)41-44(33)27-16-7-6-8-17-27)30(23-12-10-15-26(21-23)39-28(45)18-11-19-42(3)4)31(34(43)47)40-32(46)24-13-9-14-25(20-24)35(36,37)38/h6-18,20-21,30-31H,5,19H2,1-4H3,(H,39,45)(H,40,46)/b18-11+/t30-,31+/m0/s1. The normalized spacial score (nSPS) is 16.4. The first-order valence-corrected chi connectivity index (χ1v) is 15.1. The number of aryl methyl sites for hydroxylation is 1. The topological polar surface area (TPSA) is 99.6 Å². The van der Waals surface area contributed by atoms with Crippen LogP contribution in [0.2, 0.25) is 0 Å². The zero-order chi connectivity index (χ0) is 33.9. The Balaban J connectivity index is 1.61. The summed E-state index contributed by atoms with van der Waals surface area (Å²) in [6, 6.07) is 19.1. The molecule has 244 valence electrons. The van der Waals surface area contributed by atoms with Crippen molar-refractivity contribution < 1.29 is 27.6 Å². The minimum atomic E-state index is -4.65. The van der Waals surface area contributed by atoms with Gasteiger partial charge in [-0.15, -0.1) is 0 Å². The first-order valence-electron chi connectivity index (χ1n) is 15.1. The summed E-state index contributed by atoms with van der Waals surface area (Å²) < 4.78 is 42.1. The van der Waals surface area contributed by atoms with Crippen LogP contribution in [0.25, 0.3) is 5.69 Å². The van der Waals surface area contributed by atoms with Gasteiger partial charge in [-0.2, -0.15) is 18.3 Å². The van der Waals surface area contributed by atoms with Crippen LogP contribution in [-0.2, 0) is 15.8 Å². The number of aromatic nitrogens is 2. The summed E-state index contributed by atoms with van der Waals surface area (Å²) in [5.74, 6) is -1.90. The Hall–Kier alpha value is -5.23. The number of carbonyl (C=O) groups is 3. The first kappa shape index (κ1) is 33.1. The highest BCUT2D eigenvalue weighted by Gasteiger charge is 2.45. The molecule has 0 bridgehead atoms. The fourth-order valence-corrected chi connectivity index (χ4v) is 5.72. The summed E-state index contributed by atoms with van der Waals surface area (Å²) in [6.45, 7) is 4.42. The molecule has 1 aromatic heterocycles. The highest BCUT2D eigenvalue weighted by Crippen LogP contribution is 2.44. The molecular formula is C35H35F3N6O3. The summed E-state index contributed by atoms with van der Waals surface area (Å²) in [6.07, 6.45) is -1.49. The summed E-state index contributed by atoms with van der Waals surface area (Å²) >= 11 is 0. The summed E-state index contributed by atoms with van der Waals surface area (Å²) in [7, 11) is 3.77. The number of anilines is 2. The molecule has 12 heteroatoms. The van der Waals surface area contributed by atoms with Crippen LogP contribution in [0, 0.1) is 6.92 Å². The second kappa shape index (κ2) is 13.6. The molecule has 3 aromatic carbocycles. The number of nitrogens with one attached hydrogen (secondary N) is 2. The number of fused-ring (bicyclic) bond motifs is 1. The van der Waals surface area contributed by atoms with Crippen molar-refractivity contribution in [2.24, 2.45) is 0 Å². The minimum Gasteiger partial charge on any atom is -0.339 e. The highest BCUT2D eigenvalue weighted by atomic mass is 19.4. The van der Waals surface area contributed by atoms with Crippen LogP contribution in [-0.4, -0.2) is 65.6 Å². The number of rotatable bonds is 9. The summed E-state index contributed by atoms with van der Waals surface area (Å²) in [5.41, 5.74) is 1.83. The van der Waals surface area contributed by atoms with E-state index >= 15 is 0 Å². The van der Waals surface area contributed by atoms with Crippen molar-refractivity contribution >= 4 is 29.2 Å². The molecule has 0 fully saturated rings. The third-order valence-corrected chi connectivity index (χ3v) is 7.82. The molecule has 0 radical (unpaired) electrons. The lowest BCUT2D eigenvalue weighted by Gasteiger charge is -2.38. The van der Waals surface area contributed by atoms with E-state index in [2.05, 4.69) is 10.6 Å². The largest absolute Gasteiger partial charge is 0.416 e. The zero-order valence-corrected chi connectivity index (χ0v) is 26.4. The van der Waals surface area contributed by atoms with E-state index in [1.54, 1.807) is 41.9 Å². The van der Waals surface area contributed by atoms with E-state index in [9.17, 15) is 27.6 Å². The van der Waals surface area contributed by atoms with Crippen molar-refractivity contribution in [1.29, 1.82) is 0 Å². The van der Waals surface area contributed by atoms with Gasteiger partial charge in [0.25, 0.3) is 11.8 Å². The van der Waals surface area contributed by atoms with Crippen molar-refractivity contribution in [3.63, 3.8) is 0 Å². The van der Waals surface area contributed by atoms with Gasteiger partial charge in [0.05, 0.1) is 16.9 Å². The Morgan fingerprint density at radius 3 is 2.40 bits per heavy atom. The van der Waals surface area contributed by atoms with Crippen LogP contribution in [0.3, 0.4) is 0 Å². The van der Waals surface area contributed by atoms with Crippen LogP contribution in [0.4, 0.5) is 24.7 Å². The number of hydrogen-bond acceptors (Lipinski definition) is 5. The van der Waals surface area contributed by atoms with Crippen LogP contribution in [0.5, 0.6) is 0 Å². The van der Waals surface area contributed by atoms with Crippen molar-refractivity contribution in [2.45, 2.75) is 32.0 Å². The van der Waals surface area contributed by atoms with Crippen LogP contribution in [0.1, 0.15) is 45.6 Å². The van der Waals surface area contributed by atoms with E-state index in [1.165, 1.54) is 17.0 Å². The highest BCUT2D eigenvalue weighted by molar-refractivity contribution is 6.05. The number of nitrogens with zero attached hydrogens (tertiary/aromatic N) is 4. The Morgan fingerprint density at radius 2 is 1.72 bits per heavy atom. The van der Waals surface area contributed by atoms with Gasteiger partial charge in [0.1, 0.15) is 11.9 Å². The Morgan fingerprint density at radius 1 is 1.00 bits per heavy atom. The van der Waals surface area contributed by atoms with Gasteiger partial charge in [-0.05, 0) is 76.0 Å². The molecule has 2 N–H and O–H groups in total. The second-order valence-corrected chi connectivity index (χ2v) is 11.4. The van der Waals surface area contributed by atoms with Gasteiger partial charge >= 0.3 is 6.18 Å². The summed E-state index contributed by atoms with van der Waals surface area (Å²) in [4.78, 5) is 44.0. The van der Waals surface area contributed by atoms with E-state index in [1.807, 2.05) is 56.3 Å². The lowest BCUT2D eigenvalue weighted by atomic mass is 9.81. The van der Waals surface area contributed by atoms with E-state index in [0.717, 1.165) is 23.9 Å². The first-order chi connectivity index (χ1) is 22.4. The van der Waals surface area contributed by atoms with E-state index < -0.39 is 35.5 Å². The predicted molar refractivity (Wildman–Crippen MR) is 174 cm³/mol. The number of likely N-dealkylation sites (N-methyl/N-ethyl adjacent to an activating group) is 2. The SMILES string of the molecule is CCN1C(=O)[C@H](NC(=O)c2cccc(C(F)(F)F)c2)[C@@H](c2cccc(NC(=O)/C=C/CN(C)C)c2)c2c(C)nn(-c3ccccc3)c21. The molecule has 2 heterocycles. The minimum absolute atomic E-state index is 0.234. The molecular weight excluding hydrogens is 609 g/mol. The second-order valence-electron chi connectivity index (χ2n) is 11.4. The maximum Gasteiger partial charge on any atom is 0.416 e. The molecule has 1 aliphatic rings. The number of hydrogen-bond donors (Lipinski definition) is 2. The smallest absolute Gasteiger partial charge is 0.339 e. The fraction of sp³-hybridized carbons (Fsp3) is 0.257. The molecule has 0 saturated heterocycles. The molecule has 0 saturated carbocycles. The van der Waals surface area contributed by atoms with E-state index in [-0.39, 0.29) is 18.0 Å². The third kappa shape index (κ3) is 7.12. The number of carbonyl (C=O) groups excluding carboxylic acids is 3. The Labute approximate surface area is 270 Å². The number of para-hydroxylation sites is 1. The number of benzene rings is 3. The molecule has 1 aliphatic heterocycles. The Kier molecular flexibility index (Phi) is 9.61. The molecule has 4 aromatic rings. The molecule has 3 amide bonds. The molecule has 9 nitrogen and oxygen atoms in total. The van der Waals surface area contributed by atoms with Crippen LogP contribution in [0.15, 0.2) is 91.0 Å². The van der Waals surface area contributed by atoms with Gasteiger partial charge < -0.3 is 15.5 Å². The average molecular weight is 645 g/mol. The molecule has 47 heavy (non-hydrogen) atoms.